The molecule has 3 aromatic rings. The molecule has 0 saturated heterocycles. The first-order valence-electron chi connectivity index (χ1n) is 10.6. The van der Waals surface area contributed by atoms with E-state index in [4.69, 9.17) is 0 Å². The summed E-state index contributed by atoms with van der Waals surface area (Å²) in [5.74, 6) is 0. The molecule has 0 unspecified atom stereocenters. The van der Waals surface area contributed by atoms with Gasteiger partial charge >= 0.3 is 0 Å². The fourth-order valence-corrected chi connectivity index (χ4v) is 4.11. The summed E-state index contributed by atoms with van der Waals surface area (Å²) in [6, 6.07) is 27.9. The van der Waals surface area contributed by atoms with Crippen LogP contribution in [0.1, 0.15) is 52.6 Å². The predicted molar refractivity (Wildman–Crippen MR) is 115 cm³/mol. The molecule has 6 aliphatic carbocycles. The van der Waals surface area contributed by atoms with E-state index in [0.29, 0.717) is 0 Å². The maximum atomic E-state index is 2.33. The SMILES string of the molecule is c1cc2ccc1CCCc1ccc(cc1)CCCc1ccc(cc1)CCC2. The molecule has 0 amide bonds. The minimum Gasteiger partial charge on any atom is -0.0588 e. The lowest BCUT2D eigenvalue weighted by molar-refractivity contribution is 0.810. The first-order chi connectivity index (χ1) is 13.3. The van der Waals surface area contributed by atoms with Crippen LogP contribution >= 0.6 is 0 Å². The van der Waals surface area contributed by atoms with Gasteiger partial charge in [-0.1, -0.05) is 72.8 Å². The van der Waals surface area contributed by atoms with Crippen LogP contribution in [-0.2, 0) is 38.5 Å². The second-order valence-corrected chi connectivity index (χ2v) is 8.01. The summed E-state index contributed by atoms with van der Waals surface area (Å²) in [5, 5.41) is 0. The van der Waals surface area contributed by atoms with E-state index in [0.717, 1.165) is 0 Å². The van der Waals surface area contributed by atoms with Crippen molar-refractivity contribution >= 4 is 0 Å². The lowest BCUT2D eigenvalue weighted by Crippen LogP contribution is -1.93. The first-order valence-corrected chi connectivity index (χ1v) is 10.6. The van der Waals surface area contributed by atoms with E-state index in [2.05, 4.69) is 72.8 Å². The molecule has 3 aromatic carbocycles. The van der Waals surface area contributed by atoms with Crippen molar-refractivity contribution in [3.05, 3.63) is 106 Å². The van der Waals surface area contributed by atoms with Crippen LogP contribution in [0.3, 0.4) is 0 Å². The summed E-state index contributed by atoms with van der Waals surface area (Å²) in [6.07, 6.45) is 10.7. The van der Waals surface area contributed by atoms with Gasteiger partial charge in [-0.2, -0.15) is 0 Å². The second kappa shape index (κ2) is 9.04. The molecule has 0 nitrogen and oxygen atoms in total. The largest absolute Gasteiger partial charge is 0.0588 e. The number of aryl methyl sites for hydroxylation is 6. The highest BCUT2D eigenvalue weighted by Crippen LogP contribution is 2.16. The lowest BCUT2D eigenvalue weighted by Gasteiger charge is -2.06. The second-order valence-electron chi connectivity index (χ2n) is 8.01. The molecule has 0 N–H and O–H groups in total. The van der Waals surface area contributed by atoms with Gasteiger partial charge in [-0.3, -0.25) is 0 Å². The van der Waals surface area contributed by atoms with E-state index in [9.17, 15) is 0 Å². The Bertz CT molecular complexity index is 636. The van der Waals surface area contributed by atoms with E-state index >= 15 is 0 Å². The molecule has 6 aliphatic rings. The van der Waals surface area contributed by atoms with Crippen molar-refractivity contribution in [2.75, 3.05) is 0 Å². The van der Waals surface area contributed by atoms with Crippen LogP contribution in [0.2, 0.25) is 0 Å². The summed E-state index contributed by atoms with van der Waals surface area (Å²) >= 11 is 0. The molecule has 6 bridgehead atoms. The van der Waals surface area contributed by atoms with Crippen molar-refractivity contribution in [1.29, 1.82) is 0 Å². The molecule has 0 fully saturated rings. The number of rotatable bonds is 0. The molecule has 0 atom stereocenters. The maximum Gasteiger partial charge on any atom is -0.0276 e. The predicted octanol–water partition coefficient (Wildman–Crippen LogP) is 6.53. The Morgan fingerprint density at radius 2 is 0.407 bits per heavy atom. The van der Waals surface area contributed by atoms with Crippen molar-refractivity contribution in [2.45, 2.75) is 57.8 Å². The maximum absolute atomic E-state index is 2.33. The van der Waals surface area contributed by atoms with Crippen LogP contribution in [-0.4, -0.2) is 0 Å². The Morgan fingerprint density at radius 3 is 0.556 bits per heavy atom. The highest BCUT2D eigenvalue weighted by atomic mass is 14.1. The Balaban J connectivity index is 1.48. The molecule has 0 spiro atoms. The molecule has 0 radical (unpaired) electrons. The van der Waals surface area contributed by atoms with Crippen molar-refractivity contribution in [1.82, 2.24) is 0 Å². The molecule has 0 heteroatoms. The molecule has 0 heterocycles. The minimum absolute atomic E-state index is 1.17. The van der Waals surface area contributed by atoms with E-state index in [1.807, 2.05) is 0 Å². The Hall–Kier alpha value is -2.34. The molecular formula is C27H30. The van der Waals surface area contributed by atoms with Gasteiger partial charge in [-0.25, -0.2) is 0 Å². The van der Waals surface area contributed by atoms with E-state index < -0.39 is 0 Å². The number of benzene rings is 3. The third kappa shape index (κ3) is 5.32. The molecule has 138 valence electrons. The van der Waals surface area contributed by atoms with Crippen LogP contribution < -0.4 is 0 Å². The molecular weight excluding hydrogens is 324 g/mol. The van der Waals surface area contributed by atoms with Crippen LogP contribution in [0.4, 0.5) is 0 Å². The number of hydrogen-bond acceptors (Lipinski definition) is 0. The van der Waals surface area contributed by atoms with Crippen LogP contribution in [0.15, 0.2) is 72.8 Å². The van der Waals surface area contributed by atoms with Gasteiger partial charge in [0.15, 0.2) is 0 Å². The summed E-state index contributed by atoms with van der Waals surface area (Å²) < 4.78 is 0. The number of hydrogen-bond donors (Lipinski definition) is 0. The monoisotopic (exact) mass is 354 g/mol. The fourth-order valence-electron chi connectivity index (χ4n) is 4.11. The van der Waals surface area contributed by atoms with Gasteiger partial charge in [0.2, 0.25) is 0 Å². The lowest BCUT2D eigenvalue weighted by atomic mass is 10.00. The summed E-state index contributed by atoms with van der Waals surface area (Å²) in [6.45, 7) is 0. The molecule has 0 aliphatic heterocycles. The Kier molecular flexibility index (Phi) is 6.04. The van der Waals surface area contributed by atoms with Crippen LogP contribution in [0.25, 0.3) is 0 Å². The van der Waals surface area contributed by atoms with Gasteiger partial charge in [-0.05, 0) is 91.2 Å². The Labute approximate surface area is 164 Å². The van der Waals surface area contributed by atoms with Crippen molar-refractivity contribution < 1.29 is 0 Å². The first kappa shape index (κ1) is 18.0. The quantitative estimate of drug-likeness (QED) is 0.431. The van der Waals surface area contributed by atoms with Gasteiger partial charge in [-0.15, -0.1) is 0 Å². The normalized spacial score (nSPS) is 15.6. The van der Waals surface area contributed by atoms with Crippen molar-refractivity contribution in [3.8, 4) is 0 Å². The van der Waals surface area contributed by atoms with E-state index in [1.165, 1.54) is 91.2 Å². The zero-order valence-corrected chi connectivity index (χ0v) is 16.3. The highest BCUT2D eigenvalue weighted by Gasteiger charge is 2.02. The average molecular weight is 355 g/mol. The fraction of sp³-hybridized carbons (Fsp3) is 0.333. The zero-order valence-electron chi connectivity index (χ0n) is 16.3. The Morgan fingerprint density at radius 1 is 0.259 bits per heavy atom. The van der Waals surface area contributed by atoms with Crippen molar-refractivity contribution in [3.63, 3.8) is 0 Å². The topological polar surface area (TPSA) is 0 Å². The third-order valence-corrected chi connectivity index (χ3v) is 5.86. The summed E-state index contributed by atoms with van der Waals surface area (Å²) in [4.78, 5) is 0. The zero-order chi connectivity index (χ0) is 18.3. The van der Waals surface area contributed by atoms with E-state index in [1.54, 1.807) is 0 Å². The van der Waals surface area contributed by atoms with Gasteiger partial charge in [0.05, 0.1) is 0 Å². The van der Waals surface area contributed by atoms with E-state index in [-0.39, 0.29) is 0 Å². The molecule has 0 saturated carbocycles. The van der Waals surface area contributed by atoms with Crippen molar-refractivity contribution in [2.24, 2.45) is 0 Å². The third-order valence-electron chi connectivity index (χ3n) is 5.86. The molecule has 0 aromatic heterocycles. The summed E-state index contributed by atoms with van der Waals surface area (Å²) in [7, 11) is 0. The minimum atomic E-state index is 1.17. The van der Waals surface area contributed by atoms with Gasteiger partial charge in [0.1, 0.15) is 0 Å². The van der Waals surface area contributed by atoms with Crippen LogP contribution in [0, 0.1) is 0 Å². The average Bonchev–Trinajstić information content (AvgIpc) is 2.71. The molecule has 9 rings (SSSR count). The highest BCUT2D eigenvalue weighted by molar-refractivity contribution is 5.26. The van der Waals surface area contributed by atoms with Gasteiger partial charge < -0.3 is 0 Å². The van der Waals surface area contributed by atoms with Crippen LogP contribution in [0.5, 0.6) is 0 Å². The molecule has 27 heavy (non-hydrogen) atoms. The standard InChI is InChI=1S/C27H30/c1-4-22-10-14-24(15-11-22)6-2-8-26-18-20-27(21-19-26)9-3-7-25-16-12-23(5-1)13-17-25/h10-21H,1-9H2. The summed E-state index contributed by atoms with van der Waals surface area (Å²) in [5.41, 5.74) is 8.82. The van der Waals surface area contributed by atoms with Gasteiger partial charge in [0.25, 0.3) is 0 Å². The smallest absolute Gasteiger partial charge is 0.0276 e. The van der Waals surface area contributed by atoms with Gasteiger partial charge in [0, 0.05) is 0 Å².